The van der Waals surface area contributed by atoms with Crippen molar-refractivity contribution in [2.75, 3.05) is 5.73 Å². The molecule has 0 bridgehead atoms. The molecule has 1 aromatic carbocycles. The lowest BCUT2D eigenvalue weighted by molar-refractivity contribution is -0.121. The molecule has 23 heavy (non-hydrogen) atoms. The van der Waals surface area contributed by atoms with Crippen LogP contribution in [-0.4, -0.2) is 21.1 Å². The Hall–Kier alpha value is -2.32. The van der Waals surface area contributed by atoms with Crippen molar-refractivity contribution >= 4 is 33.7 Å². The summed E-state index contributed by atoms with van der Waals surface area (Å²) >= 11 is 2.80. The number of carbonyl (C=O) groups is 1. The summed E-state index contributed by atoms with van der Waals surface area (Å²) in [6.07, 6.45) is 0.238. The van der Waals surface area contributed by atoms with Crippen LogP contribution in [0.3, 0.4) is 0 Å². The summed E-state index contributed by atoms with van der Waals surface area (Å²) in [5.74, 6) is -0.113. The van der Waals surface area contributed by atoms with Gasteiger partial charge in [-0.15, -0.1) is 21.5 Å². The Morgan fingerprint density at radius 3 is 2.70 bits per heavy atom. The van der Waals surface area contributed by atoms with E-state index in [1.807, 2.05) is 42.6 Å². The number of nitrogens with zero attached hydrogens (tertiary/aromatic N) is 3. The first-order valence-corrected chi connectivity index (χ1v) is 8.65. The average Bonchev–Trinajstić information content (AvgIpc) is 3.14. The Morgan fingerprint density at radius 1 is 1.30 bits per heavy atom. The highest BCUT2D eigenvalue weighted by molar-refractivity contribution is 7.15. The van der Waals surface area contributed by atoms with E-state index in [0.717, 1.165) is 16.3 Å². The summed E-state index contributed by atoms with van der Waals surface area (Å²) in [6.45, 7) is 1.92. The van der Waals surface area contributed by atoms with Crippen LogP contribution in [0.2, 0.25) is 0 Å². The van der Waals surface area contributed by atoms with Gasteiger partial charge in [0.25, 0.3) is 0 Å². The molecule has 1 amide bonds. The maximum absolute atomic E-state index is 12.4. The number of hydrogen-bond donors (Lipinski definition) is 2. The monoisotopic (exact) mass is 345 g/mol. The number of benzene rings is 1. The van der Waals surface area contributed by atoms with Gasteiger partial charge in [0.2, 0.25) is 11.0 Å². The molecule has 3 rings (SSSR count). The number of aryl methyl sites for hydroxylation is 1. The van der Waals surface area contributed by atoms with E-state index in [9.17, 15) is 4.79 Å². The third-order valence-corrected chi connectivity index (χ3v) is 4.79. The minimum Gasteiger partial charge on any atom is -0.374 e. The molecule has 3 aromatic rings. The van der Waals surface area contributed by atoms with Crippen molar-refractivity contribution in [3.63, 3.8) is 0 Å². The summed E-state index contributed by atoms with van der Waals surface area (Å²) in [4.78, 5) is 16.7. The van der Waals surface area contributed by atoms with Crippen LogP contribution in [0.5, 0.6) is 0 Å². The zero-order valence-corrected chi connectivity index (χ0v) is 14.0. The normalized spacial score (nSPS) is 12.0. The summed E-state index contributed by atoms with van der Waals surface area (Å²) in [5, 5.41) is 14.8. The minimum atomic E-state index is -0.363. The minimum absolute atomic E-state index is 0.113. The van der Waals surface area contributed by atoms with E-state index in [-0.39, 0.29) is 18.4 Å². The maximum Gasteiger partial charge on any atom is 0.226 e. The molecular formula is C15H15N5OS2. The fourth-order valence-electron chi connectivity index (χ4n) is 2.16. The molecule has 0 saturated heterocycles. The maximum atomic E-state index is 12.4. The van der Waals surface area contributed by atoms with Gasteiger partial charge in [0, 0.05) is 5.38 Å². The highest BCUT2D eigenvalue weighted by Crippen LogP contribution is 2.26. The molecule has 1 unspecified atom stereocenters. The van der Waals surface area contributed by atoms with Crippen LogP contribution in [0.1, 0.15) is 27.3 Å². The van der Waals surface area contributed by atoms with Crippen molar-refractivity contribution in [2.24, 2.45) is 0 Å². The number of nitrogen functional groups attached to an aromatic ring is 1. The number of aromatic nitrogens is 3. The van der Waals surface area contributed by atoms with Crippen molar-refractivity contribution < 1.29 is 4.79 Å². The third kappa shape index (κ3) is 3.91. The number of amides is 1. The molecule has 0 fully saturated rings. The lowest BCUT2D eigenvalue weighted by Gasteiger charge is -2.16. The van der Waals surface area contributed by atoms with Gasteiger partial charge in [-0.1, -0.05) is 41.7 Å². The molecule has 6 nitrogen and oxygen atoms in total. The molecule has 8 heteroatoms. The van der Waals surface area contributed by atoms with Crippen LogP contribution in [0.4, 0.5) is 5.13 Å². The second-order valence-corrected chi connectivity index (χ2v) is 7.03. The fraction of sp³-hybridized carbons (Fsp3) is 0.200. The van der Waals surface area contributed by atoms with Crippen molar-refractivity contribution in [2.45, 2.75) is 19.4 Å². The van der Waals surface area contributed by atoms with E-state index < -0.39 is 0 Å². The number of nitrogens with two attached hydrogens (primary N) is 1. The number of thiazole rings is 1. The molecule has 3 N–H and O–H groups in total. The average molecular weight is 345 g/mol. The third-order valence-electron chi connectivity index (χ3n) is 3.15. The van der Waals surface area contributed by atoms with Crippen molar-refractivity contribution in [1.82, 2.24) is 20.5 Å². The number of hydrogen-bond acceptors (Lipinski definition) is 7. The molecule has 0 spiro atoms. The zero-order chi connectivity index (χ0) is 16.2. The zero-order valence-electron chi connectivity index (χ0n) is 12.4. The predicted molar refractivity (Wildman–Crippen MR) is 91.3 cm³/mol. The molecule has 0 aliphatic heterocycles. The van der Waals surface area contributed by atoms with Crippen LogP contribution < -0.4 is 11.1 Å². The topological polar surface area (TPSA) is 93.8 Å². The second-order valence-electron chi connectivity index (χ2n) is 4.92. The molecule has 0 saturated carbocycles. The summed E-state index contributed by atoms with van der Waals surface area (Å²) in [7, 11) is 0. The van der Waals surface area contributed by atoms with Crippen LogP contribution in [0, 0.1) is 6.92 Å². The molecule has 0 radical (unpaired) electrons. The first-order chi connectivity index (χ1) is 11.1. The van der Waals surface area contributed by atoms with Gasteiger partial charge in [0.15, 0.2) is 0 Å². The second kappa shape index (κ2) is 6.84. The smallest absolute Gasteiger partial charge is 0.226 e. The predicted octanol–water partition coefficient (Wildman–Crippen LogP) is 2.33. The number of nitrogens with one attached hydrogen (secondary N) is 1. The van der Waals surface area contributed by atoms with E-state index in [4.69, 9.17) is 5.73 Å². The van der Waals surface area contributed by atoms with E-state index >= 15 is 0 Å². The fourth-order valence-corrected chi connectivity index (χ4v) is 3.47. The summed E-state index contributed by atoms with van der Waals surface area (Å²) in [5.41, 5.74) is 7.38. The molecule has 2 aromatic heterocycles. The highest BCUT2D eigenvalue weighted by Gasteiger charge is 2.21. The van der Waals surface area contributed by atoms with Gasteiger partial charge in [0.05, 0.1) is 17.1 Å². The first kappa shape index (κ1) is 15.6. The summed E-state index contributed by atoms with van der Waals surface area (Å²) in [6, 6.07) is 9.28. The lowest BCUT2D eigenvalue weighted by atomic mass is 10.1. The van der Waals surface area contributed by atoms with Crippen molar-refractivity contribution in [1.29, 1.82) is 0 Å². The van der Waals surface area contributed by atoms with E-state index in [1.165, 1.54) is 22.7 Å². The molecular weight excluding hydrogens is 330 g/mol. The number of anilines is 1. The molecule has 1 atom stereocenters. The largest absolute Gasteiger partial charge is 0.374 e. The van der Waals surface area contributed by atoms with Crippen molar-refractivity contribution in [3.8, 4) is 0 Å². The Balaban J connectivity index is 1.80. The standard InChI is InChI=1S/C15H15N5OS2/c1-9-17-11(8-22-9)7-12(21)18-13(10-5-3-2-4-6-10)14-19-20-15(16)23-14/h2-6,8,13H,7H2,1H3,(H2,16,20)(H,18,21). The van der Waals surface area contributed by atoms with Gasteiger partial charge in [-0.25, -0.2) is 4.98 Å². The number of rotatable bonds is 5. The lowest BCUT2D eigenvalue weighted by Crippen LogP contribution is -2.30. The van der Waals surface area contributed by atoms with Crippen LogP contribution >= 0.6 is 22.7 Å². The Kier molecular flexibility index (Phi) is 4.63. The van der Waals surface area contributed by atoms with Crippen LogP contribution in [0.25, 0.3) is 0 Å². The van der Waals surface area contributed by atoms with Crippen LogP contribution in [-0.2, 0) is 11.2 Å². The Morgan fingerprint density at radius 2 is 2.09 bits per heavy atom. The molecule has 118 valence electrons. The summed E-state index contributed by atoms with van der Waals surface area (Å²) < 4.78 is 0. The van der Waals surface area contributed by atoms with Gasteiger partial charge >= 0.3 is 0 Å². The van der Waals surface area contributed by atoms with E-state index in [1.54, 1.807) is 0 Å². The van der Waals surface area contributed by atoms with Gasteiger partial charge in [0.1, 0.15) is 11.0 Å². The van der Waals surface area contributed by atoms with E-state index in [0.29, 0.717) is 10.1 Å². The molecule has 0 aliphatic carbocycles. The van der Waals surface area contributed by atoms with Crippen LogP contribution in [0.15, 0.2) is 35.7 Å². The van der Waals surface area contributed by atoms with Gasteiger partial charge < -0.3 is 11.1 Å². The Bertz CT molecular complexity index is 799. The molecule has 0 aliphatic rings. The number of carbonyl (C=O) groups excluding carboxylic acids is 1. The van der Waals surface area contributed by atoms with E-state index in [2.05, 4.69) is 20.5 Å². The highest BCUT2D eigenvalue weighted by atomic mass is 32.1. The molecule has 2 heterocycles. The Labute approximate surface area is 141 Å². The van der Waals surface area contributed by atoms with Gasteiger partial charge in [-0.3, -0.25) is 4.79 Å². The van der Waals surface area contributed by atoms with Crippen molar-refractivity contribution in [3.05, 3.63) is 57.0 Å². The quantitative estimate of drug-likeness (QED) is 0.740. The SMILES string of the molecule is Cc1nc(CC(=O)NC(c2ccccc2)c2nnc(N)s2)cs1. The van der Waals surface area contributed by atoms with Gasteiger partial charge in [-0.2, -0.15) is 0 Å². The first-order valence-electron chi connectivity index (χ1n) is 6.96. The van der Waals surface area contributed by atoms with Gasteiger partial charge in [-0.05, 0) is 12.5 Å².